The molecule has 2 N–H and O–H groups in total. The SMILES string of the molecule is CC(C)c1cccc(OCC(O)CCl)c1OCC(O)CCl. The zero-order valence-electron chi connectivity index (χ0n) is 12.3. The zero-order chi connectivity index (χ0) is 15.8. The highest BCUT2D eigenvalue weighted by Crippen LogP contribution is 2.36. The summed E-state index contributed by atoms with van der Waals surface area (Å²) in [6.45, 7) is 4.25. The number of rotatable bonds is 9. The van der Waals surface area contributed by atoms with E-state index in [-0.39, 0.29) is 30.9 Å². The lowest BCUT2D eigenvalue weighted by Crippen LogP contribution is -2.21. The minimum Gasteiger partial charge on any atom is -0.487 e. The topological polar surface area (TPSA) is 58.9 Å². The first-order valence-electron chi connectivity index (χ1n) is 6.86. The van der Waals surface area contributed by atoms with Crippen molar-refractivity contribution in [2.24, 2.45) is 0 Å². The number of hydrogen-bond acceptors (Lipinski definition) is 4. The molecule has 1 aromatic carbocycles. The van der Waals surface area contributed by atoms with Gasteiger partial charge in [0.15, 0.2) is 11.5 Å². The lowest BCUT2D eigenvalue weighted by Gasteiger charge is -2.20. The highest BCUT2D eigenvalue weighted by molar-refractivity contribution is 6.18. The predicted octanol–water partition coefficient (Wildman–Crippen LogP) is 2.77. The van der Waals surface area contributed by atoms with E-state index in [1.807, 2.05) is 26.0 Å². The minimum atomic E-state index is -0.742. The van der Waals surface area contributed by atoms with E-state index < -0.39 is 12.2 Å². The highest BCUT2D eigenvalue weighted by atomic mass is 35.5. The van der Waals surface area contributed by atoms with Crippen LogP contribution >= 0.6 is 23.2 Å². The number of halogens is 2. The van der Waals surface area contributed by atoms with Gasteiger partial charge in [0.2, 0.25) is 0 Å². The zero-order valence-corrected chi connectivity index (χ0v) is 13.8. The predicted molar refractivity (Wildman–Crippen MR) is 85.0 cm³/mol. The molecule has 0 aliphatic heterocycles. The Morgan fingerprint density at radius 2 is 1.57 bits per heavy atom. The second-order valence-corrected chi connectivity index (χ2v) is 5.68. The number of hydrogen-bond donors (Lipinski definition) is 2. The first-order valence-corrected chi connectivity index (χ1v) is 7.93. The van der Waals surface area contributed by atoms with Crippen LogP contribution in [0, 0.1) is 0 Å². The van der Waals surface area contributed by atoms with Crippen molar-refractivity contribution >= 4 is 23.2 Å². The smallest absolute Gasteiger partial charge is 0.164 e. The average Bonchev–Trinajstić information content (AvgIpc) is 2.49. The molecule has 2 unspecified atom stereocenters. The number of aliphatic hydroxyl groups is 2. The Morgan fingerprint density at radius 3 is 2.10 bits per heavy atom. The van der Waals surface area contributed by atoms with E-state index >= 15 is 0 Å². The molecular formula is C15H22Cl2O4. The van der Waals surface area contributed by atoms with Gasteiger partial charge in [0, 0.05) is 5.56 Å². The van der Waals surface area contributed by atoms with Crippen LogP contribution in [0.2, 0.25) is 0 Å². The van der Waals surface area contributed by atoms with Gasteiger partial charge in [-0.2, -0.15) is 0 Å². The summed E-state index contributed by atoms with van der Waals surface area (Å²) in [7, 11) is 0. The van der Waals surface area contributed by atoms with E-state index in [9.17, 15) is 10.2 Å². The van der Waals surface area contributed by atoms with Crippen LogP contribution in [0.5, 0.6) is 11.5 Å². The molecule has 21 heavy (non-hydrogen) atoms. The molecule has 0 saturated heterocycles. The van der Waals surface area contributed by atoms with E-state index in [1.165, 1.54) is 0 Å². The van der Waals surface area contributed by atoms with Crippen LogP contribution in [-0.2, 0) is 0 Å². The highest BCUT2D eigenvalue weighted by Gasteiger charge is 2.16. The summed E-state index contributed by atoms with van der Waals surface area (Å²) in [6.07, 6.45) is -1.48. The van der Waals surface area contributed by atoms with Crippen LogP contribution in [0.25, 0.3) is 0 Å². The minimum absolute atomic E-state index is 0.0828. The third kappa shape index (κ3) is 5.91. The van der Waals surface area contributed by atoms with E-state index in [1.54, 1.807) is 6.07 Å². The van der Waals surface area contributed by atoms with Crippen LogP contribution in [0.1, 0.15) is 25.3 Å². The van der Waals surface area contributed by atoms with Crippen molar-refractivity contribution in [2.75, 3.05) is 25.0 Å². The van der Waals surface area contributed by atoms with Gasteiger partial charge in [-0.25, -0.2) is 0 Å². The number of benzene rings is 1. The molecule has 6 heteroatoms. The van der Waals surface area contributed by atoms with Gasteiger partial charge in [-0.05, 0) is 12.0 Å². The Kier molecular flexibility index (Phi) is 8.19. The van der Waals surface area contributed by atoms with E-state index in [0.717, 1.165) is 5.56 Å². The number of aliphatic hydroxyl groups excluding tert-OH is 2. The van der Waals surface area contributed by atoms with Gasteiger partial charge in [-0.15, -0.1) is 23.2 Å². The summed E-state index contributed by atoms with van der Waals surface area (Å²) in [6, 6.07) is 5.57. The Labute approximate surface area is 135 Å². The van der Waals surface area contributed by atoms with Gasteiger partial charge >= 0.3 is 0 Å². The van der Waals surface area contributed by atoms with Crippen LogP contribution < -0.4 is 9.47 Å². The van der Waals surface area contributed by atoms with Gasteiger partial charge in [-0.1, -0.05) is 26.0 Å². The van der Waals surface area contributed by atoms with Crippen LogP contribution in [0.3, 0.4) is 0 Å². The van der Waals surface area contributed by atoms with Crippen LogP contribution in [-0.4, -0.2) is 47.4 Å². The van der Waals surface area contributed by atoms with E-state index in [4.69, 9.17) is 32.7 Å². The van der Waals surface area contributed by atoms with Crippen LogP contribution in [0.4, 0.5) is 0 Å². The average molecular weight is 337 g/mol. The maximum atomic E-state index is 9.54. The summed E-state index contributed by atoms with van der Waals surface area (Å²) in [5.41, 5.74) is 0.967. The molecule has 2 atom stereocenters. The molecule has 0 spiro atoms. The Hall–Kier alpha value is -0.680. The van der Waals surface area contributed by atoms with Gasteiger partial charge in [0.25, 0.3) is 0 Å². The Bertz CT molecular complexity index is 426. The van der Waals surface area contributed by atoms with Crippen molar-refractivity contribution in [3.05, 3.63) is 23.8 Å². The summed E-state index contributed by atoms with van der Waals surface area (Å²) < 4.78 is 11.2. The lowest BCUT2D eigenvalue weighted by molar-refractivity contribution is 0.109. The molecule has 0 aromatic heterocycles. The van der Waals surface area contributed by atoms with Gasteiger partial charge < -0.3 is 19.7 Å². The monoisotopic (exact) mass is 336 g/mol. The summed E-state index contributed by atoms with van der Waals surface area (Å²) in [4.78, 5) is 0. The van der Waals surface area contributed by atoms with Crippen molar-refractivity contribution in [1.29, 1.82) is 0 Å². The fraction of sp³-hybridized carbons (Fsp3) is 0.600. The Morgan fingerprint density at radius 1 is 1.00 bits per heavy atom. The molecule has 0 heterocycles. The molecular weight excluding hydrogens is 315 g/mol. The molecule has 120 valence electrons. The molecule has 0 fully saturated rings. The second-order valence-electron chi connectivity index (χ2n) is 5.07. The van der Waals surface area contributed by atoms with Crippen molar-refractivity contribution in [3.8, 4) is 11.5 Å². The van der Waals surface area contributed by atoms with E-state index in [0.29, 0.717) is 11.5 Å². The van der Waals surface area contributed by atoms with Crippen molar-refractivity contribution < 1.29 is 19.7 Å². The summed E-state index contributed by atoms with van der Waals surface area (Å²) >= 11 is 11.1. The number of para-hydroxylation sites is 1. The summed E-state index contributed by atoms with van der Waals surface area (Å²) in [5.74, 6) is 1.52. The van der Waals surface area contributed by atoms with Crippen molar-refractivity contribution in [3.63, 3.8) is 0 Å². The first kappa shape index (κ1) is 18.4. The molecule has 1 aromatic rings. The third-order valence-corrected chi connectivity index (χ3v) is 3.55. The van der Waals surface area contributed by atoms with Crippen molar-refractivity contribution in [2.45, 2.75) is 32.0 Å². The molecule has 4 nitrogen and oxygen atoms in total. The Balaban J connectivity index is 2.91. The molecule has 0 aliphatic rings. The number of alkyl halides is 2. The quantitative estimate of drug-likeness (QED) is 0.681. The fourth-order valence-corrected chi connectivity index (χ4v) is 1.89. The van der Waals surface area contributed by atoms with E-state index in [2.05, 4.69) is 0 Å². The maximum Gasteiger partial charge on any atom is 0.164 e. The number of ether oxygens (including phenoxy) is 2. The maximum absolute atomic E-state index is 9.54. The standard InChI is InChI=1S/C15H22Cl2O4/c1-10(2)13-4-3-5-14(20-8-11(18)6-16)15(13)21-9-12(19)7-17/h3-5,10-12,18-19H,6-9H2,1-2H3. The summed E-state index contributed by atoms with van der Waals surface area (Å²) in [5, 5.41) is 19.0. The van der Waals surface area contributed by atoms with Crippen molar-refractivity contribution in [1.82, 2.24) is 0 Å². The van der Waals surface area contributed by atoms with Gasteiger partial charge in [-0.3, -0.25) is 0 Å². The molecule has 0 bridgehead atoms. The molecule has 0 radical (unpaired) electrons. The molecule has 0 aliphatic carbocycles. The fourth-order valence-electron chi connectivity index (χ4n) is 1.71. The lowest BCUT2D eigenvalue weighted by atomic mass is 10.0. The first-order chi connectivity index (χ1) is 9.99. The van der Waals surface area contributed by atoms with Crippen LogP contribution in [0.15, 0.2) is 18.2 Å². The van der Waals surface area contributed by atoms with Gasteiger partial charge in [0.1, 0.15) is 25.4 Å². The van der Waals surface area contributed by atoms with Gasteiger partial charge in [0.05, 0.1) is 11.8 Å². The molecule has 0 saturated carbocycles. The third-order valence-electron chi connectivity index (χ3n) is 2.84. The normalized spacial score (nSPS) is 14.0. The second kappa shape index (κ2) is 9.36. The molecule has 1 rings (SSSR count). The largest absolute Gasteiger partial charge is 0.487 e. The molecule has 0 amide bonds.